The number of sulfone groups is 1. The monoisotopic (exact) mass is 317 g/mol. The molecule has 1 heterocycles. The molecule has 0 radical (unpaired) electrons. The predicted octanol–water partition coefficient (Wildman–Crippen LogP) is 3.42. The molecular formula is C17H19NO3S. The van der Waals surface area contributed by atoms with Crippen LogP contribution in [-0.4, -0.2) is 20.8 Å². The van der Waals surface area contributed by atoms with E-state index >= 15 is 0 Å². The van der Waals surface area contributed by atoms with Gasteiger partial charge in [0.15, 0.2) is 9.84 Å². The lowest BCUT2D eigenvalue weighted by molar-refractivity contribution is 0.274. The summed E-state index contributed by atoms with van der Waals surface area (Å²) in [4.78, 5) is 0.368. The Labute approximate surface area is 131 Å². The Hall–Kier alpha value is -2.01. The van der Waals surface area contributed by atoms with Crippen LogP contribution in [0.5, 0.6) is 5.75 Å². The van der Waals surface area contributed by atoms with Crippen LogP contribution in [0.4, 0.5) is 5.69 Å². The zero-order valence-electron chi connectivity index (χ0n) is 12.5. The van der Waals surface area contributed by atoms with Gasteiger partial charge in [-0.05, 0) is 30.3 Å². The van der Waals surface area contributed by atoms with Crippen LogP contribution in [0.2, 0.25) is 0 Å². The van der Waals surface area contributed by atoms with E-state index < -0.39 is 9.84 Å². The summed E-state index contributed by atoms with van der Waals surface area (Å²) in [6.45, 7) is 2.33. The van der Waals surface area contributed by atoms with Gasteiger partial charge in [0.1, 0.15) is 5.75 Å². The summed E-state index contributed by atoms with van der Waals surface area (Å²) in [5.41, 5.74) is 2.05. The second kappa shape index (κ2) is 6.01. The van der Waals surface area contributed by atoms with Crippen molar-refractivity contribution in [3.8, 4) is 5.75 Å². The summed E-state index contributed by atoms with van der Waals surface area (Å²) in [5.74, 6) is 1.03. The minimum atomic E-state index is -3.14. The molecule has 0 bridgehead atoms. The van der Waals surface area contributed by atoms with Crippen LogP contribution in [0.3, 0.4) is 0 Å². The molecule has 1 aliphatic rings. The van der Waals surface area contributed by atoms with Crippen molar-refractivity contribution in [2.24, 2.45) is 0 Å². The van der Waals surface area contributed by atoms with Crippen molar-refractivity contribution in [1.82, 2.24) is 0 Å². The largest absolute Gasteiger partial charge is 0.493 e. The SMILES string of the molecule is CCS(=O)(=O)c1ccc(N[C@H]2CCOc3ccccc32)cc1. The Morgan fingerprint density at radius 2 is 1.86 bits per heavy atom. The molecular weight excluding hydrogens is 298 g/mol. The first-order valence-corrected chi connectivity index (χ1v) is 9.06. The van der Waals surface area contributed by atoms with Gasteiger partial charge in [-0.1, -0.05) is 25.1 Å². The van der Waals surface area contributed by atoms with E-state index in [-0.39, 0.29) is 11.8 Å². The number of nitrogens with one attached hydrogen (secondary N) is 1. The maximum Gasteiger partial charge on any atom is 0.178 e. The van der Waals surface area contributed by atoms with Crippen molar-refractivity contribution in [3.05, 3.63) is 54.1 Å². The van der Waals surface area contributed by atoms with Crippen molar-refractivity contribution in [2.45, 2.75) is 24.3 Å². The number of fused-ring (bicyclic) bond motifs is 1. The molecule has 3 rings (SSSR count). The lowest BCUT2D eigenvalue weighted by Crippen LogP contribution is -2.20. The van der Waals surface area contributed by atoms with Crippen molar-refractivity contribution in [3.63, 3.8) is 0 Å². The standard InChI is InChI=1S/C17H19NO3S/c1-2-22(19,20)14-9-7-13(8-10-14)18-16-11-12-21-17-6-4-3-5-15(16)17/h3-10,16,18H,2,11-12H2,1H3/t16-/m0/s1. The molecule has 1 atom stereocenters. The van der Waals surface area contributed by atoms with E-state index in [0.717, 1.165) is 23.4 Å². The zero-order valence-corrected chi connectivity index (χ0v) is 13.3. The summed E-state index contributed by atoms with van der Waals surface area (Å²) in [6, 6.07) is 15.1. The van der Waals surface area contributed by atoms with Crippen LogP contribution in [0, 0.1) is 0 Å². The Morgan fingerprint density at radius 3 is 2.59 bits per heavy atom. The smallest absolute Gasteiger partial charge is 0.178 e. The minimum absolute atomic E-state index is 0.118. The van der Waals surface area contributed by atoms with Gasteiger partial charge in [0, 0.05) is 17.7 Å². The van der Waals surface area contributed by atoms with Crippen LogP contribution >= 0.6 is 0 Å². The lowest BCUT2D eigenvalue weighted by atomic mass is 10.0. The molecule has 5 heteroatoms. The summed E-state index contributed by atoms with van der Waals surface area (Å²) < 4.78 is 29.3. The molecule has 0 unspecified atom stereocenters. The van der Waals surface area contributed by atoms with Crippen molar-refractivity contribution in [1.29, 1.82) is 0 Å². The van der Waals surface area contributed by atoms with Gasteiger partial charge in [0.25, 0.3) is 0 Å². The van der Waals surface area contributed by atoms with Crippen LogP contribution in [0.25, 0.3) is 0 Å². The van der Waals surface area contributed by atoms with E-state index in [1.54, 1.807) is 19.1 Å². The molecule has 116 valence electrons. The number of para-hydroxylation sites is 1. The summed E-state index contributed by atoms with van der Waals surface area (Å²) in [5, 5.41) is 3.46. The van der Waals surface area contributed by atoms with Gasteiger partial charge < -0.3 is 10.1 Å². The molecule has 0 spiro atoms. The molecule has 0 amide bonds. The van der Waals surface area contributed by atoms with Gasteiger partial charge in [-0.3, -0.25) is 0 Å². The first-order valence-electron chi connectivity index (χ1n) is 7.41. The number of hydrogen-bond donors (Lipinski definition) is 1. The fourth-order valence-corrected chi connectivity index (χ4v) is 3.50. The predicted molar refractivity (Wildman–Crippen MR) is 87.1 cm³/mol. The molecule has 1 aliphatic heterocycles. The third-order valence-electron chi connectivity index (χ3n) is 3.89. The molecule has 22 heavy (non-hydrogen) atoms. The van der Waals surface area contributed by atoms with E-state index in [9.17, 15) is 8.42 Å². The highest BCUT2D eigenvalue weighted by Crippen LogP contribution is 2.34. The summed E-state index contributed by atoms with van der Waals surface area (Å²) >= 11 is 0. The first kappa shape index (κ1) is 14.9. The molecule has 0 saturated heterocycles. The van der Waals surface area contributed by atoms with Gasteiger partial charge >= 0.3 is 0 Å². The minimum Gasteiger partial charge on any atom is -0.493 e. The van der Waals surface area contributed by atoms with E-state index in [2.05, 4.69) is 11.4 Å². The normalized spacial score (nSPS) is 17.4. The average molecular weight is 317 g/mol. The second-order valence-electron chi connectivity index (χ2n) is 5.30. The molecule has 2 aromatic carbocycles. The van der Waals surface area contributed by atoms with Crippen LogP contribution in [-0.2, 0) is 9.84 Å². The molecule has 0 aromatic heterocycles. The molecule has 0 fully saturated rings. The van der Waals surface area contributed by atoms with Gasteiger partial charge in [-0.2, -0.15) is 0 Å². The maximum atomic E-state index is 11.8. The average Bonchev–Trinajstić information content (AvgIpc) is 2.56. The topological polar surface area (TPSA) is 55.4 Å². The van der Waals surface area contributed by atoms with Crippen molar-refractivity contribution in [2.75, 3.05) is 17.7 Å². The van der Waals surface area contributed by atoms with Crippen molar-refractivity contribution >= 4 is 15.5 Å². The van der Waals surface area contributed by atoms with Crippen molar-refractivity contribution < 1.29 is 13.2 Å². The zero-order chi connectivity index (χ0) is 15.6. The molecule has 0 aliphatic carbocycles. The molecule has 4 nitrogen and oxygen atoms in total. The quantitative estimate of drug-likeness (QED) is 0.939. The maximum absolute atomic E-state index is 11.8. The highest BCUT2D eigenvalue weighted by atomic mass is 32.2. The Bertz CT molecular complexity index is 754. The Morgan fingerprint density at radius 1 is 1.14 bits per heavy atom. The van der Waals surface area contributed by atoms with Crippen LogP contribution in [0.15, 0.2) is 53.4 Å². The summed E-state index contributed by atoms with van der Waals surface area (Å²) in [6.07, 6.45) is 0.881. The summed E-state index contributed by atoms with van der Waals surface area (Å²) in [7, 11) is -3.14. The lowest BCUT2D eigenvalue weighted by Gasteiger charge is -2.27. The number of ether oxygens (including phenoxy) is 1. The first-order chi connectivity index (χ1) is 10.6. The van der Waals surface area contributed by atoms with Gasteiger partial charge in [-0.25, -0.2) is 8.42 Å². The van der Waals surface area contributed by atoms with E-state index in [4.69, 9.17) is 4.74 Å². The van der Waals surface area contributed by atoms with Gasteiger partial charge in [0.05, 0.1) is 23.3 Å². The number of anilines is 1. The Kier molecular flexibility index (Phi) is 4.07. The second-order valence-corrected chi connectivity index (χ2v) is 7.58. The molecule has 2 aromatic rings. The van der Waals surface area contributed by atoms with Crippen LogP contribution in [0.1, 0.15) is 24.9 Å². The molecule has 0 saturated carbocycles. The van der Waals surface area contributed by atoms with E-state index in [1.807, 2.05) is 30.3 Å². The third kappa shape index (κ3) is 2.95. The Balaban J connectivity index is 1.80. The van der Waals surface area contributed by atoms with E-state index in [1.165, 1.54) is 0 Å². The number of benzene rings is 2. The number of hydrogen-bond acceptors (Lipinski definition) is 4. The highest BCUT2D eigenvalue weighted by molar-refractivity contribution is 7.91. The molecule has 1 N–H and O–H groups in total. The fraction of sp³-hybridized carbons (Fsp3) is 0.294. The fourth-order valence-electron chi connectivity index (χ4n) is 2.62. The van der Waals surface area contributed by atoms with Gasteiger partial charge in [-0.15, -0.1) is 0 Å². The van der Waals surface area contributed by atoms with Gasteiger partial charge in [0.2, 0.25) is 0 Å². The van der Waals surface area contributed by atoms with E-state index in [0.29, 0.717) is 11.5 Å². The van der Waals surface area contributed by atoms with Crippen LogP contribution < -0.4 is 10.1 Å². The third-order valence-corrected chi connectivity index (χ3v) is 5.64. The number of rotatable bonds is 4. The highest BCUT2D eigenvalue weighted by Gasteiger charge is 2.21.